The van der Waals surface area contributed by atoms with Crippen molar-refractivity contribution in [3.05, 3.63) is 143 Å². The molecule has 0 amide bonds. The predicted octanol–water partition coefficient (Wildman–Crippen LogP) is 10.5. The summed E-state index contributed by atoms with van der Waals surface area (Å²) in [5.41, 5.74) is 14.0. The fourth-order valence-electron chi connectivity index (χ4n) is 7.50. The second-order valence-electron chi connectivity index (χ2n) is 12.2. The summed E-state index contributed by atoms with van der Waals surface area (Å²) in [5, 5.41) is 25.4. The number of nitriles is 2. The molecule has 2 heterocycles. The van der Waals surface area contributed by atoms with E-state index >= 15 is 0 Å². The van der Waals surface area contributed by atoms with Gasteiger partial charge in [0, 0.05) is 27.1 Å². The third kappa shape index (κ3) is 3.84. The fraction of sp³-hybridized carbons (Fsp3) is 0.0952. The molecule has 2 aromatic heterocycles. The van der Waals surface area contributed by atoms with Crippen molar-refractivity contribution >= 4 is 43.6 Å². The third-order valence-corrected chi connectivity index (χ3v) is 9.45. The van der Waals surface area contributed by atoms with Gasteiger partial charge in [-0.3, -0.25) is 0 Å². The summed E-state index contributed by atoms with van der Waals surface area (Å²) >= 11 is 0. The van der Waals surface area contributed by atoms with Crippen LogP contribution in [0, 0.1) is 50.4 Å². The molecule has 0 aliphatic heterocycles. The standard InChI is InChI=1S/C42H30N4/c1-25-10-5-16-32-38(25)39-26(2)11-6-17-33(39)45(32)36-21-30(24-44)22-37(42(36)31-15-9-14-29(20-31)23-43)46-34-18-7-12-27(3)40(34)41-28(4)13-8-19-35(41)46/h5-22H,1-4H3. The Labute approximate surface area is 267 Å². The molecule has 0 atom stereocenters. The van der Waals surface area contributed by atoms with Gasteiger partial charge in [-0.15, -0.1) is 0 Å². The van der Waals surface area contributed by atoms with Crippen LogP contribution >= 0.6 is 0 Å². The van der Waals surface area contributed by atoms with E-state index in [1.807, 2.05) is 30.3 Å². The maximum Gasteiger partial charge on any atom is 0.0993 e. The van der Waals surface area contributed by atoms with Crippen LogP contribution in [0.2, 0.25) is 0 Å². The number of hydrogen-bond acceptors (Lipinski definition) is 2. The highest BCUT2D eigenvalue weighted by Gasteiger charge is 2.24. The van der Waals surface area contributed by atoms with E-state index in [0.717, 1.165) is 44.6 Å². The molecule has 0 fully saturated rings. The van der Waals surface area contributed by atoms with E-state index in [1.54, 1.807) is 0 Å². The Morgan fingerprint density at radius 3 is 1.17 bits per heavy atom. The van der Waals surface area contributed by atoms with Gasteiger partial charge in [-0.05, 0) is 104 Å². The van der Waals surface area contributed by atoms with Crippen molar-refractivity contribution in [2.75, 3.05) is 0 Å². The molecule has 0 spiro atoms. The molecule has 0 bridgehead atoms. The largest absolute Gasteiger partial charge is 0.308 e. The van der Waals surface area contributed by atoms with Crippen LogP contribution in [0.25, 0.3) is 66.1 Å². The lowest BCUT2D eigenvalue weighted by Gasteiger charge is -2.21. The summed E-state index contributed by atoms with van der Waals surface area (Å²) in [6.45, 7) is 8.65. The van der Waals surface area contributed by atoms with E-state index in [0.29, 0.717) is 11.1 Å². The molecular weight excluding hydrogens is 560 g/mol. The number of aryl methyl sites for hydroxylation is 4. The van der Waals surface area contributed by atoms with Crippen LogP contribution in [-0.4, -0.2) is 9.13 Å². The summed E-state index contributed by atoms with van der Waals surface area (Å²) in [4.78, 5) is 0. The van der Waals surface area contributed by atoms with Crippen molar-refractivity contribution in [1.29, 1.82) is 10.5 Å². The van der Waals surface area contributed by atoms with Crippen molar-refractivity contribution < 1.29 is 0 Å². The van der Waals surface area contributed by atoms with E-state index in [4.69, 9.17) is 0 Å². The molecule has 0 aliphatic rings. The molecule has 8 rings (SSSR count). The van der Waals surface area contributed by atoms with Gasteiger partial charge in [0.05, 0.1) is 56.7 Å². The van der Waals surface area contributed by atoms with E-state index in [9.17, 15) is 10.5 Å². The summed E-state index contributed by atoms with van der Waals surface area (Å²) in [7, 11) is 0. The van der Waals surface area contributed by atoms with Crippen LogP contribution in [0.15, 0.2) is 109 Å². The van der Waals surface area contributed by atoms with Crippen LogP contribution in [-0.2, 0) is 0 Å². The molecule has 218 valence electrons. The topological polar surface area (TPSA) is 57.4 Å². The van der Waals surface area contributed by atoms with Crippen LogP contribution in [0.5, 0.6) is 0 Å². The van der Waals surface area contributed by atoms with Crippen molar-refractivity contribution in [2.24, 2.45) is 0 Å². The molecule has 0 saturated carbocycles. The zero-order valence-corrected chi connectivity index (χ0v) is 26.2. The zero-order chi connectivity index (χ0) is 31.7. The molecule has 0 N–H and O–H groups in total. The van der Waals surface area contributed by atoms with Gasteiger partial charge in [0.1, 0.15) is 0 Å². The minimum absolute atomic E-state index is 0.566. The van der Waals surface area contributed by atoms with Crippen LogP contribution in [0.1, 0.15) is 33.4 Å². The van der Waals surface area contributed by atoms with Crippen LogP contribution in [0.3, 0.4) is 0 Å². The van der Waals surface area contributed by atoms with Crippen molar-refractivity contribution in [3.63, 3.8) is 0 Å². The first-order valence-electron chi connectivity index (χ1n) is 15.5. The third-order valence-electron chi connectivity index (χ3n) is 9.45. The molecular formula is C42H30N4. The van der Waals surface area contributed by atoms with E-state index in [2.05, 4.69) is 128 Å². The minimum Gasteiger partial charge on any atom is -0.308 e. The quantitative estimate of drug-likeness (QED) is 0.206. The number of benzene rings is 6. The highest BCUT2D eigenvalue weighted by Crippen LogP contribution is 2.44. The van der Waals surface area contributed by atoms with Crippen molar-refractivity contribution in [2.45, 2.75) is 27.7 Å². The molecule has 0 unspecified atom stereocenters. The monoisotopic (exact) mass is 590 g/mol. The fourth-order valence-corrected chi connectivity index (χ4v) is 7.50. The maximum absolute atomic E-state index is 10.5. The van der Waals surface area contributed by atoms with Gasteiger partial charge >= 0.3 is 0 Å². The molecule has 0 aliphatic carbocycles. The molecule has 0 saturated heterocycles. The number of nitrogens with zero attached hydrogens (tertiary/aromatic N) is 4. The van der Waals surface area contributed by atoms with Crippen LogP contribution in [0.4, 0.5) is 0 Å². The van der Waals surface area contributed by atoms with Gasteiger partial charge in [-0.1, -0.05) is 60.7 Å². The molecule has 46 heavy (non-hydrogen) atoms. The van der Waals surface area contributed by atoms with Gasteiger partial charge in [-0.25, -0.2) is 0 Å². The van der Waals surface area contributed by atoms with Crippen LogP contribution < -0.4 is 0 Å². The highest BCUT2D eigenvalue weighted by atomic mass is 15.0. The Balaban J connectivity index is 1.64. The Kier molecular flexibility index (Phi) is 6.11. The van der Waals surface area contributed by atoms with Gasteiger partial charge in [0.15, 0.2) is 0 Å². The lowest BCUT2D eigenvalue weighted by molar-refractivity contribution is 1.13. The molecule has 8 aromatic rings. The number of rotatable bonds is 3. The minimum atomic E-state index is 0.566. The maximum atomic E-state index is 10.5. The predicted molar refractivity (Wildman–Crippen MR) is 189 cm³/mol. The van der Waals surface area contributed by atoms with Gasteiger partial charge in [0.2, 0.25) is 0 Å². The van der Waals surface area contributed by atoms with E-state index in [-0.39, 0.29) is 0 Å². The first-order chi connectivity index (χ1) is 22.4. The average Bonchev–Trinajstić information content (AvgIpc) is 3.60. The lowest BCUT2D eigenvalue weighted by atomic mass is 9.96. The van der Waals surface area contributed by atoms with Crippen molar-refractivity contribution in [1.82, 2.24) is 9.13 Å². The summed E-state index contributed by atoms with van der Waals surface area (Å²) < 4.78 is 4.63. The van der Waals surface area contributed by atoms with E-state index < -0.39 is 0 Å². The SMILES string of the molecule is Cc1cccc2c1c1c(C)cccc1n2-c1cc(C#N)cc(-n2c3cccc(C)c3c3c(C)cccc32)c1-c1cccc(C#N)c1. The Hall–Kier alpha value is -6.10. The number of hydrogen-bond donors (Lipinski definition) is 0. The molecule has 4 heteroatoms. The average molecular weight is 591 g/mol. The Bertz CT molecular complexity index is 2390. The Morgan fingerprint density at radius 2 is 0.804 bits per heavy atom. The van der Waals surface area contributed by atoms with Gasteiger partial charge in [-0.2, -0.15) is 10.5 Å². The first kappa shape index (κ1) is 27.4. The normalized spacial score (nSPS) is 11.4. The van der Waals surface area contributed by atoms with Crippen molar-refractivity contribution in [3.8, 4) is 34.6 Å². The first-order valence-corrected chi connectivity index (χ1v) is 15.5. The Morgan fingerprint density at radius 1 is 0.435 bits per heavy atom. The number of aromatic nitrogens is 2. The second kappa shape index (κ2) is 10.2. The molecule has 6 aromatic carbocycles. The molecule has 4 nitrogen and oxygen atoms in total. The zero-order valence-electron chi connectivity index (χ0n) is 26.2. The van der Waals surface area contributed by atoms with Gasteiger partial charge < -0.3 is 9.13 Å². The summed E-state index contributed by atoms with van der Waals surface area (Å²) in [5.74, 6) is 0. The summed E-state index contributed by atoms with van der Waals surface area (Å²) in [6, 6.07) is 42.4. The molecule has 0 radical (unpaired) electrons. The second-order valence-corrected chi connectivity index (χ2v) is 12.2. The number of fused-ring (bicyclic) bond motifs is 6. The lowest BCUT2D eigenvalue weighted by Crippen LogP contribution is -2.05. The smallest absolute Gasteiger partial charge is 0.0993 e. The van der Waals surface area contributed by atoms with Gasteiger partial charge in [0.25, 0.3) is 0 Å². The summed E-state index contributed by atoms with van der Waals surface area (Å²) in [6.07, 6.45) is 0. The highest BCUT2D eigenvalue weighted by molar-refractivity contribution is 6.14. The van der Waals surface area contributed by atoms with E-state index in [1.165, 1.54) is 43.8 Å².